The first-order valence-corrected chi connectivity index (χ1v) is 7.06. The van der Waals surface area contributed by atoms with Gasteiger partial charge in [0.1, 0.15) is 11.6 Å². The van der Waals surface area contributed by atoms with E-state index in [2.05, 4.69) is 5.32 Å². The molecule has 19 heavy (non-hydrogen) atoms. The van der Waals surface area contributed by atoms with Gasteiger partial charge in [0.15, 0.2) is 0 Å². The number of hydrogen-bond donors (Lipinski definition) is 1. The quantitative estimate of drug-likeness (QED) is 0.710. The molecule has 1 fully saturated rings. The summed E-state index contributed by atoms with van der Waals surface area (Å²) in [5.41, 5.74) is -0.789. The Hall–Kier alpha value is -1.10. The van der Waals surface area contributed by atoms with Crippen LogP contribution in [0.4, 0.5) is 0 Å². The van der Waals surface area contributed by atoms with Crippen LogP contribution in [0.25, 0.3) is 0 Å². The number of ether oxygens (including phenoxy) is 1. The molecule has 0 aliphatic carbocycles. The molecular weight excluding hydrogens is 244 g/mol. The third-order valence-electron chi connectivity index (χ3n) is 3.47. The number of rotatable bonds is 7. The Labute approximate surface area is 115 Å². The van der Waals surface area contributed by atoms with Gasteiger partial charge in [-0.3, -0.25) is 9.59 Å². The molecule has 110 valence electrons. The van der Waals surface area contributed by atoms with Crippen molar-refractivity contribution < 1.29 is 14.3 Å². The average Bonchev–Trinajstić information content (AvgIpc) is 2.34. The molecule has 0 aromatic rings. The molecule has 1 atom stereocenters. The van der Waals surface area contributed by atoms with Gasteiger partial charge in [-0.2, -0.15) is 0 Å². The lowest BCUT2D eigenvalue weighted by molar-refractivity contribution is -0.153. The smallest absolute Gasteiger partial charge is 0.248 e. The van der Waals surface area contributed by atoms with Gasteiger partial charge in [0, 0.05) is 20.3 Å². The second-order valence-electron chi connectivity index (χ2n) is 5.62. The van der Waals surface area contributed by atoms with Crippen LogP contribution in [0.15, 0.2) is 0 Å². The van der Waals surface area contributed by atoms with Gasteiger partial charge in [-0.05, 0) is 33.1 Å². The van der Waals surface area contributed by atoms with Gasteiger partial charge in [-0.1, -0.05) is 13.3 Å². The van der Waals surface area contributed by atoms with Crippen molar-refractivity contribution in [1.82, 2.24) is 10.2 Å². The van der Waals surface area contributed by atoms with Crippen LogP contribution in [-0.2, 0) is 14.3 Å². The van der Waals surface area contributed by atoms with Crippen LogP contribution in [-0.4, -0.2) is 48.6 Å². The predicted molar refractivity (Wildman–Crippen MR) is 73.7 cm³/mol. The monoisotopic (exact) mass is 270 g/mol. The summed E-state index contributed by atoms with van der Waals surface area (Å²) in [4.78, 5) is 26.3. The highest BCUT2D eigenvalue weighted by molar-refractivity contribution is 5.99. The van der Waals surface area contributed by atoms with Crippen molar-refractivity contribution in [1.29, 1.82) is 0 Å². The second-order valence-corrected chi connectivity index (χ2v) is 5.62. The van der Waals surface area contributed by atoms with Crippen LogP contribution in [0.5, 0.6) is 0 Å². The molecule has 0 spiro atoms. The number of methoxy groups -OCH3 is 1. The van der Waals surface area contributed by atoms with Crippen LogP contribution < -0.4 is 5.32 Å². The number of nitrogens with zero attached hydrogens (tertiary/aromatic N) is 1. The molecule has 1 saturated heterocycles. The normalized spacial score (nSPS) is 22.5. The summed E-state index contributed by atoms with van der Waals surface area (Å²) >= 11 is 0. The highest BCUT2D eigenvalue weighted by Gasteiger charge is 2.44. The molecule has 1 aliphatic rings. The Balaban J connectivity index is 2.72. The Morgan fingerprint density at radius 1 is 1.32 bits per heavy atom. The standard InChI is InChI=1S/C14H26N2O3/c1-5-8-11-12(17)15-14(2,3)13(18)16(11)9-6-7-10-19-4/h11H,5-10H2,1-4H3,(H,15,17). The van der Waals surface area contributed by atoms with Crippen LogP contribution >= 0.6 is 0 Å². The topological polar surface area (TPSA) is 58.6 Å². The van der Waals surface area contributed by atoms with E-state index in [-0.39, 0.29) is 17.9 Å². The predicted octanol–water partition coefficient (Wildman–Crippen LogP) is 1.32. The number of hydrogen-bond acceptors (Lipinski definition) is 3. The van der Waals surface area contributed by atoms with Crippen LogP contribution in [0, 0.1) is 0 Å². The molecule has 1 rings (SSSR count). The molecule has 1 heterocycles. The lowest BCUT2D eigenvalue weighted by atomic mass is 9.94. The minimum Gasteiger partial charge on any atom is -0.385 e. The zero-order chi connectivity index (χ0) is 14.5. The Morgan fingerprint density at radius 3 is 2.58 bits per heavy atom. The lowest BCUT2D eigenvalue weighted by Gasteiger charge is -2.43. The van der Waals surface area contributed by atoms with Gasteiger partial charge in [0.25, 0.3) is 0 Å². The average molecular weight is 270 g/mol. The Bertz CT molecular complexity index is 329. The summed E-state index contributed by atoms with van der Waals surface area (Å²) in [6.07, 6.45) is 3.38. The zero-order valence-electron chi connectivity index (χ0n) is 12.5. The molecule has 1 N–H and O–H groups in total. The summed E-state index contributed by atoms with van der Waals surface area (Å²) in [5, 5.41) is 2.82. The van der Waals surface area contributed by atoms with E-state index in [0.29, 0.717) is 13.2 Å². The largest absolute Gasteiger partial charge is 0.385 e. The number of carbonyl (C=O) groups excluding carboxylic acids is 2. The second kappa shape index (κ2) is 6.89. The van der Waals surface area contributed by atoms with Crippen LogP contribution in [0.2, 0.25) is 0 Å². The van der Waals surface area contributed by atoms with Crippen molar-refractivity contribution in [2.45, 2.75) is 58.0 Å². The van der Waals surface area contributed by atoms with Gasteiger partial charge in [0.2, 0.25) is 11.8 Å². The van der Waals surface area contributed by atoms with Crippen LogP contribution in [0.1, 0.15) is 46.5 Å². The maximum atomic E-state index is 12.4. The highest BCUT2D eigenvalue weighted by atomic mass is 16.5. The maximum Gasteiger partial charge on any atom is 0.248 e. The molecular formula is C14H26N2O3. The Kier molecular flexibility index (Phi) is 5.79. The SMILES string of the molecule is CCCC1C(=O)NC(C)(C)C(=O)N1CCCCOC. The van der Waals surface area contributed by atoms with Gasteiger partial charge >= 0.3 is 0 Å². The van der Waals surface area contributed by atoms with Gasteiger partial charge in [-0.15, -0.1) is 0 Å². The third-order valence-corrected chi connectivity index (χ3v) is 3.47. The van der Waals surface area contributed by atoms with E-state index in [1.807, 2.05) is 6.92 Å². The van der Waals surface area contributed by atoms with E-state index < -0.39 is 5.54 Å². The lowest BCUT2D eigenvalue weighted by Crippen LogP contribution is -2.68. The molecule has 0 aromatic carbocycles. The van der Waals surface area contributed by atoms with Crippen molar-refractivity contribution >= 4 is 11.8 Å². The minimum atomic E-state index is -0.789. The molecule has 1 aliphatic heterocycles. The van der Waals surface area contributed by atoms with Crippen molar-refractivity contribution in [3.63, 3.8) is 0 Å². The summed E-state index contributed by atoms with van der Waals surface area (Å²) in [5.74, 6) is -0.0128. The van der Waals surface area contributed by atoms with Crippen LogP contribution in [0.3, 0.4) is 0 Å². The molecule has 0 saturated carbocycles. The van der Waals surface area contributed by atoms with Gasteiger partial charge < -0.3 is 15.0 Å². The zero-order valence-corrected chi connectivity index (χ0v) is 12.5. The number of piperazine rings is 1. The van der Waals surface area contributed by atoms with Crippen molar-refractivity contribution in [2.24, 2.45) is 0 Å². The van der Waals surface area contributed by atoms with E-state index in [9.17, 15) is 9.59 Å². The number of amides is 2. The fraction of sp³-hybridized carbons (Fsp3) is 0.857. The molecule has 2 amide bonds. The molecule has 5 nitrogen and oxygen atoms in total. The minimum absolute atomic E-state index is 0.0166. The number of unbranched alkanes of at least 4 members (excludes halogenated alkanes) is 1. The molecule has 0 bridgehead atoms. The van der Waals surface area contributed by atoms with Crippen molar-refractivity contribution in [2.75, 3.05) is 20.3 Å². The first-order valence-electron chi connectivity index (χ1n) is 7.06. The fourth-order valence-electron chi connectivity index (χ4n) is 2.43. The molecule has 0 aromatic heterocycles. The van der Waals surface area contributed by atoms with Gasteiger partial charge in [-0.25, -0.2) is 0 Å². The van der Waals surface area contributed by atoms with E-state index in [1.54, 1.807) is 25.9 Å². The third kappa shape index (κ3) is 3.93. The number of carbonyl (C=O) groups is 2. The summed E-state index contributed by atoms with van der Waals surface area (Å²) < 4.78 is 5.01. The van der Waals surface area contributed by atoms with E-state index >= 15 is 0 Å². The summed E-state index contributed by atoms with van der Waals surface area (Å²) in [6.45, 7) is 6.87. The first-order chi connectivity index (χ1) is 8.94. The van der Waals surface area contributed by atoms with E-state index in [0.717, 1.165) is 25.7 Å². The fourth-order valence-corrected chi connectivity index (χ4v) is 2.43. The number of nitrogens with one attached hydrogen (secondary N) is 1. The molecule has 1 unspecified atom stereocenters. The maximum absolute atomic E-state index is 12.4. The van der Waals surface area contributed by atoms with E-state index in [4.69, 9.17) is 4.74 Å². The summed E-state index contributed by atoms with van der Waals surface area (Å²) in [6, 6.07) is -0.312. The van der Waals surface area contributed by atoms with E-state index in [1.165, 1.54) is 0 Å². The van der Waals surface area contributed by atoms with Crippen molar-refractivity contribution in [3.05, 3.63) is 0 Å². The molecule has 5 heteroatoms. The highest BCUT2D eigenvalue weighted by Crippen LogP contribution is 2.21. The molecule has 0 radical (unpaired) electrons. The first kappa shape index (κ1) is 16.0. The van der Waals surface area contributed by atoms with Gasteiger partial charge in [0.05, 0.1) is 0 Å². The van der Waals surface area contributed by atoms with Crippen molar-refractivity contribution in [3.8, 4) is 0 Å². The Morgan fingerprint density at radius 2 is 2.00 bits per heavy atom. The summed E-state index contributed by atoms with van der Waals surface area (Å²) in [7, 11) is 1.67.